The van der Waals surface area contributed by atoms with Gasteiger partial charge in [0.05, 0.1) is 22.1 Å². The number of hydrogen-bond acceptors (Lipinski definition) is 2. The largest absolute Gasteiger partial charge is 0.455 e. The Kier molecular flexibility index (Phi) is 4.43. The van der Waals surface area contributed by atoms with Crippen molar-refractivity contribution in [3.8, 4) is 33.4 Å². The molecule has 2 nitrogen and oxygen atoms in total. The zero-order chi connectivity index (χ0) is 42.3. The van der Waals surface area contributed by atoms with Crippen molar-refractivity contribution < 1.29 is 20.9 Å². The molecule has 9 aromatic rings. The molecule has 0 fully saturated rings. The van der Waals surface area contributed by atoms with Crippen LogP contribution in [0, 0.1) is 0 Å². The van der Waals surface area contributed by atoms with Crippen LogP contribution in [0.3, 0.4) is 0 Å². The minimum Gasteiger partial charge on any atom is -0.455 e. The summed E-state index contributed by atoms with van der Waals surface area (Å²) in [4.78, 5) is 0.940. The highest BCUT2D eigenvalue weighted by atomic mass is 16.3. The number of fused-ring (bicyclic) bond motifs is 5. The van der Waals surface area contributed by atoms with Crippen LogP contribution in [0.5, 0.6) is 0 Å². The molecule has 0 unspecified atom stereocenters. The molecule has 2 heteroatoms. The smallest absolute Gasteiger partial charge is 0.143 e. The van der Waals surface area contributed by atoms with Gasteiger partial charge in [-0.15, -0.1) is 0 Å². The Morgan fingerprint density at radius 2 is 0.958 bits per heavy atom. The molecule has 0 aliphatic carbocycles. The Morgan fingerprint density at radius 1 is 0.396 bits per heavy atom. The predicted molar refractivity (Wildman–Crippen MR) is 202 cm³/mol. The molecule has 0 saturated carbocycles. The van der Waals surface area contributed by atoms with Crippen molar-refractivity contribution in [3.05, 3.63) is 188 Å². The van der Waals surface area contributed by atoms with Gasteiger partial charge in [-0.05, 0) is 63.9 Å². The van der Waals surface area contributed by atoms with E-state index in [0.717, 1.165) is 21.1 Å². The molecule has 0 bridgehead atoms. The third kappa shape index (κ3) is 4.83. The summed E-state index contributed by atoms with van der Waals surface area (Å²) in [6.07, 6.45) is 0. The molecule has 8 aromatic carbocycles. The molecule has 0 N–H and O–H groups in total. The molecule has 0 atom stereocenters. The highest BCUT2D eigenvalue weighted by molar-refractivity contribution is 6.17. The topological polar surface area (TPSA) is 16.4 Å². The normalized spacial score (nSPS) is 14.8. The summed E-state index contributed by atoms with van der Waals surface area (Å²) in [5.41, 5.74) is -0.0826. The number of hydrogen-bond donors (Lipinski definition) is 0. The van der Waals surface area contributed by atoms with Crippen LogP contribution in [0.15, 0.2) is 192 Å². The fourth-order valence-electron chi connectivity index (χ4n) is 6.06. The number of para-hydroxylation sites is 2. The zero-order valence-electron chi connectivity index (χ0n) is 37.3. The molecule has 226 valence electrons. The lowest BCUT2D eigenvalue weighted by molar-refractivity contribution is 0.674. The van der Waals surface area contributed by atoms with Gasteiger partial charge in [0.25, 0.3) is 0 Å². The van der Waals surface area contributed by atoms with Crippen LogP contribution < -0.4 is 4.90 Å². The molecule has 1 heterocycles. The van der Waals surface area contributed by atoms with Gasteiger partial charge in [-0.1, -0.05) is 151 Å². The van der Waals surface area contributed by atoms with E-state index < -0.39 is 89.6 Å². The van der Waals surface area contributed by atoms with Gasteiger partial charge < -0.3 is 9.32 Å². The van der Waals surface area contributed by atoms with Crippen molar-refractivity contribution in [2.75, 3.05) is 4.90 Å². The van der Waals surface area contributed by atoms with Crippen LogP contribution >= 0.6 is 0 Å². The van der Waals surface area contributed by atoms with Crippen molar-refractivity contribution in [2.24, 2.45) is 0 Å². The first kappa shape index (κ1) is 18.1. The first-order valence-corrected chi connectivity index (χ1v) is 15.4. The van der Waals surface area contributed by atoms with Crippen molar-refractivity contribution in [1.29, 1.82) is 0 Å². The van der Waals surface area contributed by atoms with Crippen LogP contribution in [0.4, 0.5) is 17.1 Å². The van der Waals surface area contributed by atoms with Crippen LogP contribution in [-0.4, -0.2) is 0 Å². The van der Waals surface area contributed by atoms with Gasteiger partial charge in [0.2, 0.25) is 0 Å². The third-order valence-electron chi connectivity index (χ3n) is 8.35. The van der Waals surface area contributed by atoms with Crippen molar-refractivity contribution in [1.82, 2.24) is 0 Å². The SMILES string of the molecule is [2H]c1c([2H])c([2H])c(N(c2c([2H])c([2H])c(-c3ccccc3)c([2H])c2[2H])c2c([2H])c([2H])c(-c3ccccc3)c([2H])c2[2H])c(-c2cccc3c2oc2c4ccccc4ccc32)c1[2H]. The lowest BCUT2D eigenvalue weighted by atomic mass is 9.98. The summed E-state index contributed by atoms with van der Waals surface area (Å²) in [6.45, 7) is 0. The van der Waals surface area contributed by atoms with E-state index in [1.54, 1.807) is 72.8 Å². The number of anilines is 3. The number of nitrogens with zero attached hydrogens (tertiary/aromatic N) is 1. The first-order chi connectivity index (χ1) is 28.8. The molecule has 0 spiro atoms. The van der Waals surface area contributed by atoms with E-state index in [2.05, 4.69) is 0 Å². The van der Waals surface area contributed by atoms with Crippen LogP contribution in [0.1, 0.15) is 16.4 Å². The van der Waals surface area contributed by atoms with E-state index in [4.69, 9.17) is 7.16 Å². The molecular weight excluding hydrogens is 583 g/mol. The lowest BCUT2D eigenvalue weighted by Gasteiger charge is -2.28. The fourth-order valence-corrected chi connectivity index (χ4v) is 6.06. The number of rotatable bonds is 6. The van der Waals surface area contributed by atoms with Gasteiger partial charge in [0.1, 0.15) is 11.2 Å². The molecule has 0 amide bonds. The van der Waals surface area contributed by atoms with E-state index in [1.807, 2.05) is 42.5 Å². The minimum absolute atomic E-state index is 0.0391. The van der Waals surface area contributed by atoms with Gasteiger partial charge >= 0.3 is 0 Å². The molecule has 0 saturated heterocycles. The van der Waals surface area contributed by atoms with Crippen molar-refractivity contribution in [3.63, 3.8) is 0 Å². The Labute approximate surface area is 296 Å². The summed E-state index contributed by atoms with van der Waals surface area (Å²) in [6, 6.07) is 26.2. The maximum absolute atomic E-state index is 9.53. The van der Waals surface area contributed by atoms with Gasteiger partial charge in [0, 0.05) is 38.7 Å². The maximum Gasteiger partial charge on any atom is 0.143 e. The van der Waals surface area contributed by atoms with Gasteiger partial charge in [0.15, 0.2) is 0 Å². The van der Waals surface area contributed by atoms with Gasteiger partial charge in [-0.2, -0.15) is 0 Å². The van der Waals surface area contributed by atoms with Gasteiger partial charge in [-0.3, -0.25) is 0 Å². The second-order valence-corrected chi connectivity index (χ2v) is 11.2. The molecule has 0 radical (unpaired) electrons. The standard InChI is InChI=1S/C46H31NO/c1-3-12-32(13-4-1)34-22-27-37(28-23-34)47(38-29-24-35(25-30-38)33-14-5-2-6-15-33)44-21-10-9-18-40(44)41-19-11-20-42-43-31-26-36-16-7-8-17-39(36)45(43)48-46(41)42/h1-31H/i9D,10D,18D,21D,22D,23D,24D,25D,27D,28D,29D,30D. The average molecular weight is 626 g/mol. The van der Waals surface area contributed by atoms with Crippen LogP contribution in [0.2, 0.25) is 0 Å². The van der Waals surface area contributed by atoms with Gasteiger partial charge in [-0.25, -0.2) is 0 Å². The lowest BCUT2D eigenvalue weighted by Crippen LogP contribution is -2.11. The minimum atomic E-state index is -0.723. The molecule has 9 rings (SSSR count). The summed E-state index contributed by atoms with van der Waals surface area (Å²) >= 11 is 0. The maximum atomic E-state index is 9.53. The van der Waals surface area contributed by atoms with Crippen LogP contribution in [0.25, 0.3) is 66.1 Å². The van der Waals surface area contributed by atoms with Crippen molar-refractivity contribution in [2.45, 2.75) is 0 Å². The van der Waals surface area contributed by atoms with E-state index in [-0.39, 0.29) is 27.8 Å². The second kappa shape index (κ2) is 11.8. The van der Waals surface area contributed by atoms with E-state index in [9.17, 15) is 13.7 Å². The van der Waals surface area contributed by atoms with E-state index >= 15 is 0 Å². The Hall–Kier alpha value is -6.38. The van der Waals surface area contributed by atoms with Crippen LogP contribution in [-0.2, 0) is 0 Å². The number of furan rings is 1. The highest BCUT2D eigenvalue weighted by Gasteiger charge is 2.21. The Balaban J connectivity index is 1.45. The monoisotopic (exact) mass is 625 g/mol. The fraction of sp³-hybridized carbons (Fsp3) is 0. The summed E-state index contributed by atoms with van der Waals surface area (Å²) in [7, 11) is 0. The Bertz CT molecular complexity index is 3080. The molecule has 0 aliphatic rings. The second-order valence-electron chi connectivity index (χ2n) is 11.2. The summed E-state index contributed by atoms with van der Waals surface area (Å²) in [5.74, 6) is 0. The molecule has 0 aliphatic heterocycles. The Morgan fingerprint density at radius 3 is 1.62 bits per heavy atom. The van der Waals surface area contributed by atoms with Crippen molar-refractivity contribution >= 4 is 49.8 Å². The quantitative estimate of drug-likeness (QED) is 0.183. The zero-order valence-corrected chi connectivity index (χ0v) is 25.3. The average Bonchev–Trinajstić information content (AvgIpc) is 3.66. The summed E-state index contributed by atoms with van der Waals surface area (Å²) < 4.78 is 118. The van der Waals surface area contributed by atoms with E-state index in [1.165, 1.54) is 0 Å². The molecule has 48 heavy (non-hydrogen) atoms. The number of benzene rings is 8. The predicted octanol–water partition coefficient (Wildman–Crippen LogP) is 13.2. The first-order valence-electron chi connectivity index (χ1n) is 21.4. The molecule has 1 aromatic heterocycles. The summed E-state index contributed by atoms with van der Waals surface area (Å²) in [5, 5.41) is 3.06. The third-order valence-corrected chi connectivity index (χ3v) is 8.35. The molecular formula is C46H31NO. The highest BCUT2D eigenvalue weighted by Crippen LogP contribution is 2.45. The van der Waals surface area contributed by atoms with E-state index in [0.29, 0.717) is 22.1 Å².